The summed E-state index contributed by atoms with van der Waals surface area (Å²) in [6.07, 6.45) is -5.25. The van der Waals surface area contributed by atoms with Gasteiger partial charge in [0.1, 0.15) is 34.8 Å². The number of benzene rings is 5. The topological polar surface area (TPSA) is 114 Å². The zero-order valence-corrected chi connectivity index (χ0v) is 26.4. The van der Waals surface area contributed by atoms with Gasteiger partial charge >= 0.3 is 0 Å². The van der Waals surface area contributed by atoms with Gasteiger partial charge in [-0.1, -0.05) is 121 Å². The summed E-state index contributed by atoms with van der Waals surface area (Å²) in [5.41, 5.74) is -4.66. The molecule has 0 aliphatic carbocycles. The van der Waals surface area contributed by atoms with Crippen molar-refractivity contribution in [3.05, 3.63) is 179 Å². The molecule has 0 spiro atoms. The van der Waals surface area contributed by atoms with E-state index in [9.17, 15) is 25.7 Å². The Hall–Kier alpha value is -4.68. The maximum atomic E-state index is 16.0. The van der Waals surface area contributed by atoms with Gasteiger partial charge in [-0.3, -0.25) is 0 Å². The summed E-state index contributed by atoms with van der Waals surface area (Å²) in [5, 5.41) is 61.7. The van der Waals surface area contributed by atoms with Crippen molar-refractivity contribution in [2.24, 2.45) is 0 Å². The number of nitriles is 1. The number of ether oxygens (including phenoxy) is 1. The van der Waals surface area contributed by atoms with Crippen molar-refractivity contribution in [2.75, 3.05) is 0 Å². The van der Waals surface area contributed by atoms with E-state index in [1.165, 1.54) is 12.1 Å². The van der Waals surface area contributed by atoms with Gasteiger partial charge in [-0.15, -0.1) is 0 Å². The lowest BCUT2D eigenvalue weighted by Crippen LogP contribution is -2.81. The summed E-state index contributed by atoms with van der Waals surface area (Å²) in [6, 6.07) is 41.8. The number of aliphatic hydroxyl groups is 4. The smallest absolute Gasteiger partial charge is 0.132 e. The summed E-state index contributed by atoms with van der Waals surface area (Å²) in [6.45, 7) is 0. The molecule has 5 aromatic rings. The van der Waals surface area contributed by atoms with Crippen LogP contribution in [0.4, 0.5) is 4.39 Å². The Balaban J connectivity index is 1.62. The normalized spacial score (nSPS) is 26.0. The van der Waals surface area contributed by atoms with Crippen molar-refractivity contribution in [1.29, 1.82) is 5.26 Å². The Kier molecular flexibility index (Phi) is 9.56. The van der Waals surface area contributed by atoms with E-state index in [-0.39, 0.29) is 36.8 Å². The molecule has 1 aliphatic heterocycles. The molecule has 6 rings (SSSR count). The first kappa shape index (κ1) is 33.2. The van der Waals surface area contributed by atoms with Gasteiger partial charge < -0.3 is 25.2 Å². The fourth-order valence-electron chi connectivity index (χ4n) is 7.21. The van der Waals surface area contributed by atoms with Gasteiger partial charge in [0.05, 0.1) is 17.7 Å². The van der Waals surface area contributed by atoms with Crippen molar-refractivity contribution in [3.63, 3.8) is 0 Å². The Labute approximate surface area is 280 Å². The standard InChI is InChI=1S/C41H38FNO5/c42-35-22-21-33(28-43)23-34(35)37-39(45,25-30-15-7-2-8-16-30)41(47,27-32-19-11-4-12-20-32)40(46,26-31-17-9-3-10-18-31)38(48-37)36(44)24-29-13-5-1-6-14-29/h1-23,36-38,44-47H,24-27H2/t36?,37-,38+,39-,40+,41+/m0/s1. The third-order valence-corrected chi connectivity index (χ3v) is 9.60. The average molecular weight is 644 g/mol. The molecule has 6 nitrogen and oxygen atoms in total. The van der Waals surface area contributed by atoms with Crippen LogP contribution in [0.25, 0.3) is 0 Å². The lowest BCUT2D eigenvalue weighted by atomic mass is 9.56. The number of aliphatic hydroxyl groups excluding tert-OH is 1. The molecule has 4 N–H and O–H groups in total. The molecule has 1 aliphatic rings. The minimum absolute atomic E-state index is 0.0363. The van der Waals surface area contributed by atoms with Crippen LogP contribution in [0.5, 0.6) is 0 Å². The molecule has 0 saturated carbocycles. The van der Waals surface area contributed by atoms with Crippen LogP contribution >= 0.6 is 0 Å². The Morgan fingerprint density at radius 3 is 1.60 bits per heavy atom. The van der Waals surface area contributed by atoms with Gasteiger partial charge in [0.15, 0.2) is 0 Å². The molecular weight excluding hydrogens is 605 g/mol. The third-order valence-electron chi connectivity index (χ3n) is 9.60. The molecule has 0 aromatic heterocycles. The summed E-state index contributed by atoms with van der Waals surface area (Å²) >= 11 is 0. The molecule has 244 valence electrons. The van der Waals surface area contributed by atoms with Gasteiger partial charge in [0.25, 0.3) is 0 Å². The quantitative estimate of drug-likeness (QED) is 0.156. The van der Waals surface area contributed by atoms with Crippen LogP contribution in [0.3, 0.4) is 0 Å². The van der Waals surface area contributed by atoms with E-state index in [1.807, 2.05) is 54.6 Å². The van der Waals surface area contributed by atoms with Gasteiger partial charge in [0.2, 0.25) is 0 Å². The number of hydrogen-bond donors (Lipinski definition) is 4. The Morgan fingerprint density at radius 1 is 0.646 bits per heavy atom. The summed E-state index contributed by atoms with van der Waals surface area (Å²) < 4.78 is 22.6. The van der Waals surface area contributed by atoms with Gasteiger partial charge in [0, 0.05) is 31.2 Å². The van der Waals surface area contributed by atoms with Crippen molar-refractivity contribution in [2.45, 2.75) is 60.8 Å². The molecule has 5 aromatic carbocycles. The summed E-state index contributed by atoms with van der Waals surface area (Å²) in [4.78, 5) is 0. The molecule has 1 saturated heterocycles. The van der Waals surface area contributed by atoms with Crippen molar-refractivity contribution in [3.8, 4) is 6.07 Å². The zero-order chi connectivity index (χ0) is 33.8. The highest BCUT2D eigenvalue weighted by Gasteiger charge is 2.72. The zero-order valence-electron chi connectivity index (χ0n) is 26.4. The maximum absolute atomic E-state index is 16.0. The van der Waals surface area contributed by atoms with Crippen LogP contribution in [0, 0.1) is 17.1 Å². The summed E-state index contributed by atoms with van der Waals surface area (Å²) in [5.74, 6) is -0.766. The molecule has 1 unspecified atom stereocenters. The second-order valence-electron chi connectivity index (χ2n) is 12.7. The molecule has 48 heavy (non-hydrogen) atoms. The van der Waals surface area contributed by atoms with E-state index in [2.05, 4.69) is 0 Å². The van der Waals surface area contributed by atoms with Crippen molar-refractivity contribution >= 4 is 0 Å². The van der Waals surface area contributed by atoms with Crippen LogP contribution in [0.2, 0.25) is 0 Å². The SMILES string of the molecule is N#Cc1ccc(F)c([C@@H]2O[C@H](C(O)Cc3ccccc3)[C@](O)(Cc3ccccc3)[C@@](O)(Cc3ccccc3)[C@]2(O)Cc2ccccc2)c1. The maximum Gasteiger partial charge on any atom is 0.132 e. The van der Waals surface area contributed by atoms with E-state index in [0.717, 1.165) is 11.6 Å². The highest BCUT2D eigenvalue weighted by molar-refractivity contribution is 5.41. The first-order valence-corrected chi connectivity index (χ1v) is 16.0. The van der Waals surface area contributed by atoms with Crippen LogP contribution in [-0.2, 0) is 30.4 Å². The highest BCUT2D eigenvalue weighted by atomic mass is 19.1. The van der Waals surface area contributed by atoms with Gasteiger partial charge in [-0.25, -0.2) is 4.39 Å². The molecule has 1 heterocycles. The van der Waals surface area contributed by atoms with Crippen molar-refractivity contribution in [1.82, 2.24) is 0 Å². The highest BCUT2D eigenvalue weighted by Crippen LogP contribution is 2.55. The first-order chi connectivity index (χ1) is 23.2. The van der Waals surface area contributed by atoms with Crippen LogP contribution in [0.15, 0.2) is 140 Å². The predicted octanol–water partition coefficient (Wildman–Crippen LogP) is 5.66. The molecule has 1 fully saturated rings. The van der Waals surface area contributed by atoms with Gasteiger partial charge in [-0.05, 0) is 40.5 Å². The van der Waals surface area contributed by atoms with E-state index in [1.54, 1.807) is 72.8 Å². The minimum atomic E-state index is -2.46. The first-order valence-electron chi connectivity index (χ1n) is 16.0. The predicted molar refractivity (Wildman–Crippen MR) is 180 cm³/mol. The van der Waals surface area contributed by atoms with E-state index in [4.69, 9.17) is 4.74 Å². The van der Waals surface area contributed by atoms with E-state index >= 15 is 4.39 Å². The monoisotopic (exact) mass is 643 g/mol. The second kappa shape index (κ2) is 13.8. The molecular formula is C41H38FNO5. The average Bonchev–Trinajstić information content (AvgIpc) is 3.10. The number of hydrogen-bond acceptors (Lipinski definition) is 6. The Bertz CT molecular complexity index is 1850. The molecule has 0 amide bonds. The van der Waals surface area contributed by atoms with E-state index < -0.39 is 40.9 Å². The lowest BCUT2D eigenvalue weighted by Gasteiger charge is -2.62. The van der Waals surface area contributed by atoms with Gasteiger partial charge in [-0.2, -0.15) is 5.26 Å². The fourth-order valence-corrected chi connectivity index (χ4v) is 7.21. The third kappa shape index (κ3) is 6.29. The van der Waals surface area contributed by atoms with Crippen LogP contribution in [0.1, 0.15) is 39.5 Å². The molecule has 6 atom stereocenters. The van der Waals surface area contributed by atoms with Crippen molar-refractivity contribution < 1.29 is 29.6 Å². The largest absolute Gasteiger partial charge is 0.390 e. The molecule has 0 radical (unpaired) electrons. The molecule has 0 bridgehead atoms. The Morgan fingerprint density at radius 2 is 1.10 bits per heavy atom. The van der Waals surface area contributed by atoms with E-state index in [0.29, 0.717) is 16.7 Å². The fraction of sp³-hybridized carbons (Fsp3) is 0.244. The lowest BCUT2D eigenvalue weighted by molar-refractivity contribution is -0.368. The number of rotatable bonds is 10. The molecule has 7 heteroatoms. The summed E-state index contributed by atoms with van der Waals surface area (Å²) in [7, 11) is 0. The minimum Gasteiger partial charge on any atom is -0.390 e. The van der Waals surface area contributed by atoms with Crippen LogP contribution in [-0.4, -0.2) is 49.4 Å². The number of nitrogens with zero attached hydrogens (tertiary/aromatic N) is 1. The second-order valence-corrected chi connectivity index (χ2v) is 12.7. The number of halogens is 1. The van der Waals surface area contributed by atoms with Crippen LogP contribution < -0.4 is 0 Å².